The van der Waals surface area contributed by atoms with Crippen LogP contribution in [0.4, 0.5) is 13.2 Å². The smallest absolute Gasteiger partial charge is 0.416 e. The van der Waals surface area contributed by atoms with Crippen LogP contribution in [0.3, 0.4) is 0 Å². The Labute approximate surface area is 204 Å². The Morgan fingerprint density at radius 1 is 1.14 bits per heavy atom. The molecule has 2 N–H and O–H groups in total. The Bertz CT molecular complexity index is 1080. The van der Waals surface area contributed by atoms with Gasteiger partial charge in [-0.2, -0.15) is 13.2 Å². The van der Waals surface area contributed by atoms with E-state index in [-0.39, 0.29) is 31.7 Å². The molecule has 0 aliphatic carbocycles. The average molecular weight is 513 g/mol. The van der Waals surface area contributed by atoms with Crippen LogP contribution in [0.1, 0.15) is 30.9 Å². The maximum absolute atomic E-state index is 13.1. The van der Waals surface area contributed by atoms with E-state index in [2.05, 4.69) is 5.32 Å². The number of nitrogens with zero attached hydrogens (tertiary/aromatic N) is 1. The number of esters is 1. The Morgan fingerprint density at radius 2 is 1.77 bits per heavy atom. The minimum atomic E-state index is -4.52. The van der Waals surface area contributed by atoms with Gasteiger partial charge in [0.15, 0.2) is 0 Å². The van der Waals surface area contributed by atoms with Crippen LogP contribution >= 0.6 is 11.6 Å². The minimum absolute atomic E-state index is 0.0663. The lowest BCUT2D eigenvalue weighted by Crippen LogP contribution is -2.73. The highest BCUT2D eigenvalue weighted by molar-refractivity contribution is 6.30. The molecule has 2 unspecified atom stereocenters. The molecule has 1 fully saturated rings. The highest BCUT2D eigenvalue weighted by atomic mass is 35.5. The van der Waals surface area contributed by atoms with Crippen LogP contribution in [0.5, 0.6) is 5.75 Å². The number of halogens is 4. The number of hydrogen-bond acceptors (Lipinski definition) is 5. The molecule has 188 valence electrons. The quantitative estimate of drug-likeness (QED) is 0.298. The summed E-state index contributed by atoms with van der Waals surface area (Å²) in [5.74, 6) is -3.17. The average Bonchev–Trinajstić information content (AvgIpc) is 2.79. The number of hydrogen-bond donors (Lipinski definition) is 2. The number of carboxylic acids is 1. The third-order valence-electron chi connectivity index (χ3n) is 6.02. The van der Waals surface area contributed by atoms with Crippen molar-refractivity contribution in [1.82, 2.24) is 10.2 Å². The van der Waals surface area contributed by atoms with E-state index in [4.69, 9.17) is 21.4 Å². The number of carbonyl (C=O) groups excluding carboxylic acids is 2. The highest BCUT2D eigenvalue weighted by Gasteiger charge is 2.59. The van der Waals surface area contributed by atoms with E-state index >= 15 is 0 Å². The fraction of sp³-hybridized carbons (Fsp3) is 0.375. The van der Waals surface area contributed by atoms with E-state index in [1.165, 1.54) is 0 Å². The summed E-state index contributed by atoms with van der Waals surface area (Å²) in [6, 6.07) is 10.7. The molecule has 0 spiro atoms. The molecular formula is C24H24ClF3N2O5. The fourth-order valence-corrected chi connectivity index (χ4v) is 3.99. The second-order valence-corrected chi connectivity index (χ2v) is 8.84. The van der Waals surface area contributed by atoms with Gasteiger partial charge in [0, 0.05) is 31.1 Å². The number of carbonyl (C=O) groups is 3. The maximum Gasteiger partial charge on any atom is 0.416 e. The van der Waals surface area contributed by atoms with E-state index in [1.807, 2.05) is 0 Å². The molecule has 3 rings (SSSR count). The monoisotopic (exact) mass is 512 g/mol. The molecule has 1 amide bonds. The summed E-state index contributed by atoms with van der Waals surface area (Å²) in [5.41, 5.74) is -1.33. The number of nitrogens with one attached hydrogen (secondary N) is 1. The zero-order valence-electron chi connectivity index (χ0n) is 18.8. The molecule has 0 radical (unpaired) electrons. The molecule has 2 atom stereocenters. The third-order valence-corrected chi connectivity index (χ3v) is 6.27. The molecule has 2 aromatic carbocycles. The van der Waals surface area contributed by atoms with Gasteiger partial charge >= 0.3 is 18.1 Å². The van der Waals surface area contributed by atoms with Crippen molar-refractivity contribution in [1.29, 1.82) is 0 Å². The van der Waals surface area contributed by atoms with Crippen molar-refractivity contribution in [2.75, 3.05) is 13.1 Å². The zero-order chi connectivity index (χ0) is 25.8. The number of benzene rings is 2. The lowest BCUT2D eigenvalue weighted by molar-refractivity contribution is -0.171. The lowest BCUT2D eigenvalue weighted by atomic mass is 9.74. The van der Waals surface area contributed by atoms with Crippen LogP contribution in [-0.2, 0) is 27.1 Å². The van der Waals surface area contributed by atoms with Crippen LogP contribution in [0.15, 0.2) is 48.5 Å². The van der Waals surface area contributed by atoms with Gasteiger partial charge in [0.05, 0.1) is 11.5 Å². The Morgan fingerprint density at radius 3 is 2.34 bits per heavy atom. The molecule has 1 saturated heterocycles. The number of likely N-dealkylation sites (tertiary alicyclic amines) is 1. The van der Waals surface area contributed by atoms with Gasteiger partial charge in [-0.15, -0.1) is 0 Å². The number of ether oxygens (including phenoxy) is 1. The van der Waals surface area contributed by atoms with Crippen molar-refractivity contribution in [3.8, 4) is 5.75 Å². The summed E-state index contributed by atoms with van der Waals surface area (Å²) in [4.78, 5) is 38.5. The van der Waals surface area contributed by atoms with Gasteiger partial charge in [0.2, 0.25) is 5.91 Å². The van der Waals surface area contributed by atoms with Gasteiger partial charge in [-0.1, -0.05) is 23.7 Å². The molecule has 1 aliphatic heterocycles. The number of carboxylic acid groups (broad SMARTS) is 1. The molecule has 7 nitrogen and oxygen atoms in total. The minimum Gasteiger partial charge on any atom is -0.481 e. The van der Waals surface area contributed by atoms with Crippen molar-refractivity contribution in [2.45, 2.75) is 38.0 Å². The summed E-state index contributed by atoms with van der Waals surface area (Å²) in [7, 11) is 0. The predicted octanol–water partition coefficient (Wildman–Crippen LogP) is 4.14. The molecule has 0 bridgehead atoms. The summed E-state index contributed by atoms with van der Waals surface area (Å²) >= 11 is 5.93. The molecule has 0 aromatic heterocycles. The zero-order valence-corrected chi connectivity index (χ0v) is 19.5. The Hall–Kier alpha value is -3.11. The van der Waals surface area contributed by atoms with Crippen LogP contribution in [0, 0.1) is 5.92 Å². The Kier molecular flexibility index (Phi) is 8.07. The van der Waals surface area contributed by atoms with E-state index in [1.54, 1.807) is 36.1 Å². The first-order valence-corrected chi connectivity index (χ1v) is 11.2. The van der Waals surface area contributed by atoms with Crippen molar-refractivity contribution >= 4 is 29.4 Å². The number of alkyl halides is 3. The molecule has 0 saturated carbocycles. The first kappa shape index (κ1) is 26.5. The van der Waals surface area contributed by atoms with E-state index < -0.39 is 41.0 Å². The van der Waals surface area contributed by atoms with E-state index in [9.17, 15) is 27.6 Å². The molecule has 1 aliphatic rings. The topological polar surface area (TPSA) is 95.9 Å². The van der Waals surface area contributed by atoms with Gasteiger partial charge in [-0.3, -0.25) is 19.3 Å². The second-order valence-electron chi connectivity index (χ2n) is 8.40. The summed E-state index contributed by atoms with van der Waals surface area (Å²) in [6.07, 6.45) is -4.42. The summed E-state index contributed by atoms with van der Waals surface area (Å²) in [5, 5.41) is 12.0. The first-order chi connectivity index (χ1) is 16.4. The van der Waals surface area contributed by atoms with Crippen molar-refractivity contribution < 1.29 is 37.4 Å². The van der Waals surface area contributed by atoms with Gasteiger partial charge in [0.1, 0.15) is 11.3 Å². The van der Waals surface area contributed by atoms with Crippen molar-refractivity contribution in [2.24, 2.45) is 5.92 Å². The molecule has 2 aromatic rings. The van der Waals surface area contributed by atoms with Crippen molar-refractivity contribution in [3.05, 3.63) is 64.7 Å². The largest absolute Gasteiger partial charge is 0.481 e. The van der Waals surface area contributed by atoms with Gasteiger partial charge in [0.25, 0.3) is 0 Å². The number of aliphatic carboxylic acids is 1. The fourth-order valence-electron chi connectivity index (χ4n) is 3.86. The molecular weight excluding hydrogens is 489 g/mol. The van der Waals surface area contributed by atoms with Crippen LogP contribution in [0.2, 0.25) is 5.02 Å². The maximum atomic E-state index is 13.1. The van der Waals surface area contributed by atoms with Gasteiger partial charge in [-0.25, -0.2) is 0 Å². The second kappa shape index (κ2) is 10.7. The van der Waals surface area contributed by atoms with Crippen LogP contribution in [0.25, 0.3) is 0 Å². The SMILES string of the molecule is CC1(C(=O)NCCCC(=O)O)C(C(=O)Oc2ccc(C(F)(F)F)cc2)CN1Cc1ccc(Cl)cc1. The molecule has 35 heavy (non-hydrogen) atoms. The first-order valence-electron chi connectivity index (χ1n) is 10.8. The summed E-state index contributed by atoms with van der Waals surface area (Å²) < 4.78 is 43.6. The molecule has 11 heteroatoms. The third kappa shape index (κ3) is 6.32. The van der Waals surface area contributed by atoms with Crippen LogP contribution < -0.4 is 10.1 Å². The lowest BCUT2D eigenvalue weighted by Gasteiger charge is -2.54. The molecule has 1 heterocycles. The standard InChI is InChI=1S/C24H24ClF3N2O5/c1-23(22(34)29-12-2-3-20(31)32)19(14-30(23)13-15-4-8-17(25)9-5-15)21(33)35-18-10-6-16(7-11-18)24(26,27)28/h4-11,19H,2-3,12-14H2,1H3,(H,29,34)(H,31,32). The highest BCUT2D eigenvalue weighted by Crippen LogP contribution is 2.39. The Balaban J connectivity index is 1.73. The number of rotatable bonds is 9. The predicted molar refractivity (Wildman–Crippen MR) is 121 cm³/mol. The summed E-state index contributed by atoms with van der Waals surface area (Å²) in [6.45, 7) is 2.20. The van der Waals surface area contributed by atoms with Crippen molar-refractivity contribution in [3.63, 3.8) is 0 Å². The van der Waals surface area contributed by atoms with Crippen LogP contribution in [-0.4, -0.2) is 46.5 Å². The van der Waals surface area contributed by atoms with E-state index in [0.29, 0.717) is 11.6 Å². The van der Waals surface area contributed by atoms with E-state index in [0.717, 1.165) is 29.8 Å². The van der Waals surface area contributed by atoms with Gasteiger partial charge in [-0.05, 0) is 55.3 Å². The normalized spacial score (nSPS) is 20.1. The van der Waals surface area contributed by atoms with Gasteiger partial charge < -0.3 is 15.2 Å². The number of amides is 1.